The van der Waals surface area contributed by atoms with E-state index in [0.717, 1.165) is 0 Å². The van der Waals surface area contributed by atoms with Crippen LogP contribution in [0.5, 0.6) is 0 Å². The predicted molar refractivity (Wildman–Crippen MR) is 61.5 cm³/mol. The van der Waals surface area contributed by atoms with E-state index in [9.17, 15) is 14.4 Å². The number of aliphatic hydroxyl groups is 1. The quantitative estimate of drug-likeness (QED) is 0.561. The number of amides is 4. The van der Waals surface area contributed by atoms with E-state index in [1.807, 2.05) is 0 Å². The molecule has 4 amide bonds. The lowest BCUT2D eigenvalue weighted by molar-refractivity contribution is -0.131. The number of rotatable bonds is 3. The molecular weight excluding hydrogens is 238 g/mol. The normalized spacial score (nSPS) is 28.4. The molecule has 0 aromatic carbocycles. The predicted octanol–water partition coefficient (Wildman–Crippen LogP) is -1.04. The lowest BCUT2D eigenvalue weighted by atomic mass is 9.99. The Hall–Kier alpha value is -1.63. The standard InChI is InChI=1S/C11H17N3O4/c1-7(15)2-3-8(16)14-5-4-11(6-14)9(17)12-10(18)13-11/h7,15H,2-6H2,1H3,(H2,12,13,17,18). The van der Waals surface area contributed by atoms with Gasteiger partial charge in [-0.2, -0.15) is 0 Å². The third kappa shape index (κ3) is 2.31. The molecule has 0 bridgehead atoms. The fourth-order valence-corrected chi connectivity index (χ4v) is 2.33. The molecule has 100 valence electrons. The minimum Gasteiger partial charge on any atom is -0.393 e. The second-order valence-corrected chi connectivity index (χ2v) is 4.94. The van der Waals surface area contributed by atoms with Gasteiger partial charge in [-0.05, 0) is 19.8 Å². The van der Waals surface area contributed by atoms with Crippen LogP contribution in [-0.4, -0.2) is 52.6 Å². The van der Waals surface area contributed by atoms with E-state index in [2.05, 4.69) is 10.6 Å². The van der Waals surface area contributed by atoms with Crippen LogP contribution in [0, 0.1) is 0 Å². The molecule has 2 heterocycles. The Morgan fingerprint density at radius 2 is 2.28 bits per heavy atom. The summed E-state index contributed by atoms with van der Waals surface area (Å²) in [6.45, 7) is 2.29. The van der Waals surface area contributed by atoms with Gasteiger partial charge < -0.3 is 15.3 Å². The molecule has 7 heteroatoms. The Morgan fingerprint density at radius 1 is 1.56 bits per heavy atom. The Labute approximate surface area is 105 Å². The van der Waals surface area contributed by atoms with E-state index in [4.69, 9.17) is 5.11 Å². The molecule has 0 saturated carbocycles. The number of nitrogens with one attached hydrogen (secondary N) is 2. The molecule has 0 aromatic rings. The third-order valence-corrected chi connectivity index (χ3v) is 3.41. The summed E-state index contributed by atoms with van der Waals surface area (Å²) in [5, 5.41) is 13.9. The Morgan fingerprint density at radius 3 is 2.83 bits per heavy atom. The molecule has 1 spiro atoms. The molecule has 2 unspecified atom stereocenters. The van der Waals surface area contributed by atoms with Crippen LogP contribution in [0.4, 0.5) is 4.79 Å². The first-order valence-corrected chi connectivity index (χ1v) is 6.02. The van der Waals surface area contributed by atoms with Crippen molar-refractivity contribution in [3.8, 4) is 0 Å². The number of likely N-dealkylation sites (tertiary alicyclic amines) is 1. The summed E-state index contributed by atoms with van der Waals surface area (Å²) < 4.78 is 0. The summed E-state index contributed by atoms with van der Waals surface area (Å²) in [5.74, 6) is -0.458. The van der Waals surface area contributed by atoms with Gasteiger partial charge in [-0.25, -0.2) is 4.79 Å². The summed E-state index contributed by atoms with van der Waals surface area (Å²) in [6, 6.07) is -0.502. The van der Waals surface area contributed by atoms with Crippen LogP contribution in [0.3, 0.4) is 0 Å². The average molecular weight is 255 g/mol. The molecular formula is C11H17N3O4. The van der Waals surface area contributed by atoms with Gasteiger partial charge in [0.25, 0.3) is 5.91 Å². The van der Waals surface area contributed by atoms with E-state index in [1.54, 1.807) is 11.8 Å². The van der Waals surface area contributed by atoms with Crippen LogP contribution in [0.15, 0.2) is 0 Å². The number of urea groups is 1. The molecule has 18 heavy (non-hydrogen) atoms. The van der Waals surface area contributed by atoms with Crippen molar-refractivity contribution in [2.45, 2.75) is 37.8 Å². The van der Waals surface area contributed by atoms with Crippen LogP contribution in [0.25, 0.3) is 0 Å². The van der Waals surface area contributed by atoms with Crippen molar-refractivity contribution >= 4 is 17.8 Å². The van der Waals surface area contributed by atoms with Crippen molar-refractivity contribution in [3.05, 3.63) is 0 Å². The molecule has 3 N–H and O–H groups in total. The Bertz CT molecular complexity index is 396. The first kappa shape index (κ1) is 12.8. The van der Waals surface area contributed by atoms with Crippen LogP contribution in [0.1, 0.15) is 26.2 Å². The zero-order chi connectivity index (χ0) is 13.3. The molecule has 7 nitrogen and oxygen atoms in total. The van der Waals surface area contributed by atoms with Crippen molar-refractivity contribution in [2.24, 2.45) is 0 Å². The fourth-order valence-electron chi connectivity index (χ4n) is 2.33. The van der Waals surface area contributed by atoms with Crippen LogP contribution < -0.4 is 10.6 Å². The Balaban J connectivity index is 1.94. The first-order chi connectivity index (χ1) is 8.43. The van der Waals surface area contributed by atoms with Gasteiger partial charge in [-0.1, -0.05) is 0 Å². The SMILES string of the molecule is CC(O)CCC(=O)N1CCC2(C1)NC(=O)NC2=O. The summed E-state index contributed by atoms with van der Waals surface area (Å²) >= 11 is 0. The number of nitrogens with zero attached hydrogens (tertiary/aromatic N) is 1. The van der Waals surface area contributed by atoms with Crippen molar-refractivity contribution in [3.63, 3.8) is 0 Å². The van der Waals surface area contributed by atoms with Crippen molar-refractivity contribution in [1.82, 2.24) is 15.5 Å². The highest BCUT2D eigenvalue weighted by Crippen LogP contribution is 2.25. The number of carbonyl (C=O) groups is 3. The maximum Gasteiger partial charge on any atom is 0.322 e. The van der Waals surface area contributed by atoms with Crippen LogP contribution >= 0.6 is 0 Å². The Kier molecular flexibility index (Phi) is 3.25. The maximum atomic E-state index is 11.8. The van der Waals surface area contributed by atoms with E-state index < -0.39 is 17.7 Å². The molecule has 2 rings (SSSR count). The zero-order valence-corrected chi connectivity index (χ0v) is 10.2. The third-order valence-electron chi connectivity index (χ3n) is 3.41. The summed E-state index contributed by atoms with van der Waals surface area (Å²) in [4.78, 5) is 36.2. The maximum absolute atomic E-state index is 11.8. The fraction of sp³-hybridized carbons (Fsp3) is 0.727. The summed E-state index contributed by atoms with van der Waals surface area (Å²) in [6.07, 6.45) is 0.579. The van der Waals surface area contributed by atoms with Gasteiger partial charge in [-0.3, -0.25) is 14.9 Å². The van der Waals surface area contributed by atoms with E-state index in [-0.39, 0.29) is 24.8 Å². The second-order valence-electron chi connectivity index (χ2n) is 4.94. The highest BCUT2D eigenvalue weighted by Gasteiger charge is 2.51. The summed E-state index contributed by atoms with van der Waals surface area (Å²) in [5.41, 5.74) is -0.947. The number of hydrogen-bond donors (Lipinski definition) is 3. The highest BCUT2D eigenvalue weighted by molar-refractivity contribution is 6.07. The molecule has 2 aliphatic rings. The van der Waals surface area contributed by atoms with Gasteiger partial charge in [0.15, 0.2) is 0 Å². The molecule has 2 fully saturated rings. The zero-order valence-electron chi connectivity index (χ0n) is 10.2. The van der Waals surface area contributed by atoms with E-state index >= 15 is 0 Å². The minimum absolute atomic E-state index is 0.0956. The highest BCUT2D eigenvalue weighted by atomic mass is 16.3. The monoisotopic (exact) mass is 255 g/mol. The number of imide groups is 1. The van der Waals surface area contributed by atoms with Gasteiger partial charge >= 0.3 is 6.03 Å². The van der Waals surface area contributed by atoms with Gasteiger partial charge in [0.1, 0.15) is 5.54 Å². The van der Waals surface area contributed by atoms with Crippen molar-refractivity contribution in [2.75, 3.05) is 13.1 Å². The number of hydrogen-bond acceptors (Lipinski definition) is 4. The molecule has 0 aromatic heterocycles. The van der Waals surface area contributed by atoms with Crippen LogP contribution in [0.2, 0.25) is 0 Å². The smallest absolute Gasteiger partial charge is 0.322 e. The topological polar surface area (TPSA) is 98.7 Å². The molecule has 2 aliphatic heterocycles. The second kappa shape index (κ2) is 4.56. The van der Waals surface area contributed by atoms with Gasteiger partial charge in [0, 0.05) is 13.0 Å². The lowest BCUT2D eigenvalue weighted by Crippen LogP contribution is -2.49. The minimum atomic E-state index is -0.947. The first-order valence-electron chi connectivity index (χ1n) is 6.02. The lowest BCUT2D eigenvalue weighted by Gasteiger charge is -2.21. The molecule has 2 saturated heterocycles. The van der Waals surface area contributed by atoms with Gasteiger partial charge in [0.2, 0.25) is 5.91 Å². The molecule has 2 atom stereocenters. The van der Waals surface area contributed by atoms with Gasteiger partial charge in [-0.15, -0.1) is 0 Å². The number of carbonyl (C=O) groups excluding carboxylic acids is 3. The molecule has 0 radical (unpaired) electrons. The largest absolute Gasteiger partial charge is 0.393 e. The van der Waals surface area contributed by atoms with Crippen molar-refractivity contribution in [1.29, 1.82) is 0 Å². The summed E-state index contributed by atoms with van der Waals surface area (Å²) in [7, 11) is 0. The van der Waals surface area contributed by atoms with Crippen molar-refractivity contribution < 1.29 is 19.5 Å². The average Bonchev–Trinajstić information content (AvgIpc) is 2.81. The number of aliphatic hydroxyl groups excluding tert-OH is 1. The van der Waals surface area contributed by atoms with Gasteiger partial charge in [0.05, 0.1) is 12.6 Å². The van der Waals surface area contributed by atoms with E-state index in [1.165, 1.54) is 0 Å². The van der Waals surface area contributed by atoms with Crippen LogP contribution in [-0.2, 0) is 9.59 Å². The van der Waals surface area contributed by atoms with E-state index in [0.29, 0.717) is 19.4 Å². The molecule has 0 aliphatic carbocycles.